The third-order valence-electron chi connectivity index (χ3n) is 10.4. The highest BCUT2D eigenvalue weighted by Gasteiger charge is 2.39. The second-order valence-corrected chi connectivity index (χ2v) is 14.6. The number of hydrogen-bond donors (Lipinski definition) is 4. The number of imidazole rings is 2. The number of pyridine rings is 1. The third-order valence-corrected chi connectivity index (χ3v) is 10.4. The van der Waals surface area contributed by atoms with E-state index in [0.29, 0.717) is 37.0 Å². The van der Waals surface area contributed by atoms with Crippen molar-refractivity contribution in [1.82, 2.24) is 44.9 Å². The summed E-state index contributed by atoms with van der Waals surface area (Å²) in [6.45, 7) is 8.58. The minimum atomic E-state index is -0.745. The van der Waals surface area contributed by atoms with E-state index in [-0.39, 0.29) is 41.3 Å². The summed E-state index contributed by atoms with van der Waals surface area (Å²) in [5, 5.41) is 5.33. The number of aromatic nitrogens is 5. The van der Waals surface area contributed by atoms with Crippen LogP contribution in [-0.2, 0) is 19.1 Å². The summed E-state index contributed by atoms with van der Waals surface area (Å²) in [6.07, 6.45) is 6.76. The van der Waals surface area contributed by atoms with Gasteiger partial charge in [-0.3, -0.25) is 19.0 Å². The van der Waals surface area contributed by atoms with Crippen molar-refractivity contribution in [3.8, 4) is 28.2 Å². The minimum Gasteiger partial charge on any atom is -0.453 e. The van der Waals surface area contributed by atoms with Crippen LogP contribution in [0.15, 0.2) is 59.8 Å². The van der Waals surface area contributed by atoms with E-state index in [1.807, 2.05) is 58.0 Å². The van der Waals surface area contributed by atoms with Gasteiger partial charge in [0.2, 0.25) is 11.8 Å². The Balaban J connectivity index is 1.13. The number of carbonyl (C=O) groups excluding carboxylic acids is 4. The van der Waals surface area contributed by atoms with Gasteiger partial charge in [-0.1, -0.05) is 52.0 Å². The lowest BCUT2D eigenvalue weighted by Crippen LogP contribution is -2.51. The maximum absolute atomic E-state index is 13.5. The highest BCUT2D eigenvalue weighted by Crippen LogP contribution is 2.34. The molecular weight excluding hydrogens is 706 g/mol. The number of hydrogen-bond acceptors (Lipinski definition) is 9. The lowest BCUT2D eigenvalue weighted by molar-refractivity contribution is -0.136. The van der Waals surface area contributed by atoms with Crippen molar-refractivity contribution in [3.63, 3.8) is 0 Å². The minimum absolute atomic E-state index is 0.126. The predicted molar refractivity (Wildman–Crippen MR) is 203 cm³/mol. The van der Waals surface area contributed by atoms with Crippen LogP contribution in [0.4, 0.5) is 9.59 Å². The summed E-state index contributed by atoms with van der Waals surface area (Å²) in [5.74, 6) is 1.07. The second kappa shape index (κ2) is 16.6. The first-order chi connectivity index (χ1) is 26.4. The van der Waals surface area contributed by atoms with Gasteiger partial charge in [-0.05, 0) is 60.3 Å². The summed E-state index contributed by atoms with van der Waals surface area (Å²) in [7, 11) is 2.54. The first-order valence-electron chi connectivity index (χ1n) is 18.6. The predicted octanol–water partition coefficient (Wildman–Crippen LogP) is 4.71. The first-order valence-corrected chi connectivity index (χ1v) is 18.6. The van der Waals surface area contributed by atoms with E-state index >= 15 is 0 Å². The molecule has 2 saturated heterocycles. The number of ether oxygens (including phenoxy) is 2. The fourth-order valence-electron chi connectivity index (χ4n) is 7.36. The van der Waals surface area contributed by atoms with Crippen molar-refractivity contribution in [2.45, 2.75) is 77.5 Å². The number of rotatable bonds is 11. The Labute approximate surface area is 319 Å². The van der Waals surface area contributed by atoms with Crippen LogP contribution < -0.4 is 16.2 Å². The molecule has 16 heteroatoms. The van der Waals surface area contributed by atoms with E-state index in [2.05, 4.69) is 30.6 Å². The average molecular weight is 756 g/mol. The Bertz CT molecular complexity index is 2070. The summed E-state index contributed by atoms with van der Waals surface area (Å²) in [6, 6.07) is 9.16. The molecule has 0 saturated carbocycles. The number of likely N-dealkylation sites (tertiary alicyclic amines) is 2. The first kappa shape index (κ1) is 38.8. The number of methoxy groups -OCH3 is 2. The molecule has 1 aromatic carbocycles. The molecule has 0 spiro atoms. The molecule has 0 radical (unpaired) electrons. The zero-order chi connectivity index (χ0) is 39.4. The molecule has 4 aromatic rings. The molecular formula is C39H49N9O7. The van der Waals surface area contributed by atoms with E-state index in [9.17, 15) is 24.0 Å². The SMILES string of the molecule is COC(=O)NC(C(=O)N1CCCC1c1ncc(-c2ccc(-c3ccn(-c4cnc(C5CCCN5C(=O)C(NC(=O)OC)C(C)C)[nH]4)c(=O)c3)cc2)[nH]1)C(C)C. The fourth-order valence-corrected chi connectivity index (χ4v) is 7.36. The summed E-state index contributed by atoms with van der Waals surface area (Å²) < 4.78 is 10.9. The summed E-state index contributed by atoms with van der Waals surface area (Å²) in [4.78, 5) is 83.6. The topological polar surface area (TPSA) is 197 Å². The lowest BCUT2D eigenvalue weighted by Gasteiger charge is -2.30. The Morgan fingerprint density at radius 3 is 1.75 bits per heavy atom. The van der Waals surface area contributed by atoms with Crippen molar-refractivity contribution in [2.24, 2.45) is 11.8 Å². The van der Waals surface area contributed by atoms with Crippen LogP contribution in [0, 0.1) is 11.8 Å². The number of H-pyrrole nitrogens is 2. The molecule has 16 nitrogen and oxygen atoms in total. The van der Waals surface area contributed by atoms with Crippen LogP contribution in [0.25, 0.3) is 28.2 Å². The maximum atomic E-state index is 13.5. The van der Waals surface area contributed by atoms with Gasteiger partial charge in [0, 0.05) is 25.4 Å². The van der Waals surface area contributed by atoms with Gasteiger partial charge in [-0.25, -0.2) is 19.6 Å². The van der Waals surface area contributed by atoms with Crippen molar-refractivity contribution in [2.75, 3.05) is 27.3 Å². The monoisotopic (exact) mass is 755 g/mol. The largest absolute Gasteiger partial charge is 0.453 e. The van der Waals surface area contributed by atoms with Crippen LogP contribution in [0.5, 0.6) is 0 Å². The van der Waals surface area contributed by atoms with Crippen molar-refractivity contribution < 1.29 is 28.7 Å². The molecule has 292 valence electrons. The quantitative estimate of drug-likeness (QED) is 0.168. The smallest absolute Gasteiger partial charge is 0.407 e. The standard InChI is InChI=1S/C39H49N9O7/c1-22(2)32(44-38(52)54-5)36(50)46-16-7-9-28(46)34-40-20-27(42-34)25-13-11-24(12-14-25)26-15-18-48(31(49)19-26)30-21-41-35(43-30)29-10-8-17-47(29)37(51)33(23(3)4)45-39(53)55-6/h11-15,18-23,28-29,32-33H,7-10,16-17H2,1-6H3,(H,40,42)(H,41,43)(H,44,52)(H,45,53). The zero-order valence-electron chi connectivity index (χ0n) is 32.0. The molecule has 2 aliphatic heterocycles. The number of carbonyl (C=O) groups is 4. The molecule has 6 rings (SSSR count). The number of benzene rings is 1. The van der Waals surface area contributed by atoms with E-state index < -0.39 is 24.3 Å². The molecule has 3 aromatic heterocycles. The molecule has 2 fully saturated rings. The average Bonchev–Trinajstić information content (AvgIpc) is 4.02. The molecule has 5 heterocycles. The van der Waals surface area contributed by atoms with Gasteiger partial charge in [-0.2, -0.15) is 0 Å². The van der Waals surface area contributed by atoms with E-state index in [4.69, 9.17) is 9.47 Å². The van der Waals surface area contributed by atoms with Gasteiger partial charge in [-0.15, -0.1) is 0 Å². The zero-order valence-corrected chi connectivity index (χ0v) is 32.0. The van der Waals surface area contributed by atoms with Crippen molar-refractivity contribution >= 4 is 24.0 Å². The Kier molecular flexibility index (Phi) is 11.7. The molecule has 4 atom stereocenters. The van der Waals surface area contributed by atoms with Gasteiger partial charge in [0.15, 0.2) is 0 Å². The number of alkyl carbamates (subject to hydrolysis) is 2. The summed E-state index contributed by atoms with van der Waals surface area (Å²) in [5.41, 5.74) is 3.02. The molecule has 4 N–H and O–H groups in total. The van der Waals surface area contributed by atoms with Gasteiger partial charge in [0.1, 0.15) is 29.6 Å². The van der Waals surface area contributed by atoms with Gasteiger partial charge < -0.3 is 39.9 Å². The molecule has 4 unspecified atom stereocenters. The molecule has 4 amide bonds. The number of aromatic amines is 2. The number of nitrogens with zero attached hydrogens (tertiary/aromatic N) is 5. The van der Waals surface area contributed by atoms with Crippen LogP contribution >= 0.6 is 0 Å². The highest BCUT2D eigenvalue weighted by molar-refractivity contribution is 5.87. The summed E-state index contributed by atoms with van der Waals surface area (Å²) >= 11 is 0. The highest BCUT2D eigenvalue weighted by atomic mass is 16.5. The fraction of sp³-hybridized carbons (Fsp3) is 0.462. The van der Waals surface area contributed by atoms with E-state index in [1.165, 1.54) is 18.8 Å². The van der Waals surface area contributed by atoms with Crippen molar-refractivity contribution in [3.05, 3.63) is 77.0 Å². The second-order valence-electron chi connectivity index (χ2n) is 14.6. The molecule has 0 aliphatic carbocycles. The number of nitrogens with one attached hydrogen (secondary N) is 4. The third kappa shape index (κ3) is 8.27. The normalized spacial score (nSPS) is 18.0. The van der Waals surface area contributed by atoms with E-state index in [0.717, 1.165) is 41.6 Å². The maximum Gasteiger partial charge on any atom is 0.407 e. The lowest BCUT2D eigenvalue weighted by atomic mass is 10.0. The van der Waals surface area contributed by atoms with Crippen LogP contribution in [0.1, 0.15) is 77.1 Å². The molecule has 0 bridgehead atoms. The van der Waals surface area contributed by atoms with Gasteiger partial charge >= 0.3 is 12.2 Å². The molecule has 55 heavy (non-hydrogen) atoms. The Morgan fingerprint density at radius 2 is 1.24 bits per heavy atom. The van der Waals surface area contributed by atoms with Crippen LogP contribution in [-0.4, -0.2) is 97.7 Å². The van der Waals surface area contributed by atoms with Gasteiger partial charge in [0.25, 0.3) is 5.56 Å². The van der Waals surface area contributed by atoms with Gasteiger partial charge in [0.05, 0.1) is 44.4 Å². The van der Waals surface area contributed by atoms with Crippen LogP contribution in [0.3, 0.4) is 0 Å². The Hall–Kier alpha value is -5.93. The van der Waals surface area contributed by atoms with Crippen LogP contribution in [0.2, 0.25) is 0 Å². The molecule has 2 aliphatic rings. The Morgan fingerprint density at radius 1 is 0.727 bits per heavy atom. The van der Waals surface area contributed by atoms with E-state index in [1.54, 1.807) is 34.5 Å². The number of amides is 4. The van der Waals surface area contributed by atoms with Crippen molar-refractivity contribution in [1.29, 1.82) is 0 Å².